The normalized spacial score (nSPS) is 22.8. The highest BCUT2D eigenvalue weighted by atomic mass is 16.2. The number of carbonyl (C=O) groups is 1. The number of benzene rings is 1. The average molecular weight is 314 g/mol. The van der Waals surface area contributed by atoms with Gasteiger partial charge in [0.15, 0.2) is 0 Å². The molecule has 1 saturated heterocycles. The van der Waals surface area contributed by atoms with Gasteiger partial charge in [0.25, 0.3) is 0 Å². The van der Waals surface area contributed by atoms with E-state index in [1.54, 1.807) is 0 Å². The largest absolute Gasteiger partial charge is 0.371 e. The number of piperidine rings is 1. The maximum absolute atomic E-state index is 13.1. The summed E-state index contributed by atoms with van der Waals surface area (Å²) in [5.41, 5.74) is 1.26. The fraction of sp³-hybridized carbons (Fsp3) is 0.650. The van der Waals surface area contributed by atoms with Crippen molar-refractivity contribution in [1.29, 1.82) is 0 Å². The highest BCUT2D eigenvalue weighted by molar-refractivity contribution is 5.80. The van der Waals surface area contributed by atoms with Crippen molar-refractivity contribution in [3.63, 3.8) is 0 Å². The third-order valence-corrected chi connectivity index (χ3v) is 5.53. The zero-order chi connectivity index (χ0) is 16.1. The molecule has 1 saturated carbocycles. The van der Waals surface area contributed by atoms with Crippen molar-refractivity contribution in [2.45, 2.75) is 57.9 Å². The number of amides is 1. The molecule has 2 aliphatic rings. The van der Waals surface area contributed by atoms with Crippen molar-refractivity contribution in [2.24, 2.45) is 5.92 Å². The molecule has 0 spiro atoms. The molecule has 3 heteroatoms. The van der Waals surface area contributed by atoms with Gasteiger partial charge in [0.05, 0.1) is 5.92 Å². The van der Waals surface area contributed by atoms with Crippen LogP contribution in [0.4, 0.5) is 5.69 Å². The predicted octanol–water partition coefficient (Wildman–Crippen LogP) is 4.08. The van der Waals surface area contributed by atoms with E-state index in [4.69, 9.17) is 0 Å². The fourth-order valence-electron chi connectivity index (χ4n) is 4.27. The second-order valence-electron chi connectivity index (χ2n) is 7.04. The highest BCUT2D eigenvalue weighted by Gasteiger charge is 2.32. The van der Waals surface area contributed by atoms with Gasteiger partial charge < -0.3 is 9.80 Å². The van der Waals surface area contributed by atoms with E-state index in [0.29, 0.717) is 11.9 Å². The highest BCUT2D eigenvalue weighted by Crippen LogP contribution is 2.28. The smallest absolute Gasteiger partial charge is 0.227 e. The molecule has 0 bridgehead atoms. The van der Waals surface area contributed by atoms with E-state index in [1.807, 2.05) is 0 Å². The first kappa shape index (κ1) is 16.4. The second kappa shape index (κ2) is 7.85. The Morgan fingerprint density at radius 1 is 1.09 bits per heavy atom. The van der Waals surface area contributed by atoms with Crippen LogP contribution in [0.3, 0.4) is 0 Å². The topological polar surface area (TPSA) is 23.6 Å². The fourth-order valence-corrected chi connectivity index (χ4v) is 4.27. The van der Waals surface area contributed by atoms with Crippen LogP contribution >= 0.6 is 0 Å². The quantitative estimate of drug-likeness (QED) is 0.836. The van der Waals surface area contributed by atoms with Crippen LogP contribution in [-0.4, -0.2) is 36.5 Å². The van der Waals surface area contributed by atoms with Crippen LogP contribution in [0.2, 0.25) is 0 Å². The SMILES string of the molecule is CCN(C(=O)C1CCCN(c2ccccc2)C1)C1CCCCC1. The number of anilines is 1. The lowest BCUT2D eigenvalue weighted by molar-refractivity contribution is -0.138. The van der Waals surface area contributed by atoms with Crippen molar-refractivity contribution >= 4 is 11.6 Å². The molecule has 126 valence electrons. The molecular formula is C20H30N2O. The first-order chi connectivity index (χ1) is 11.3. The molecule has 3 rings (SSSR count). The van der Waals surface area contributed by atoms with Gasteiger partial charge in [-0.2, -0.15) is 0 Å². The third-order valence-electron chi connectivity index (χ3n) is 5.53. The van der Waals surface area contributed by atoms with Gasteiger partial charge in [0.2, 0.25) is 5.91 Å². The van der Waals surface area contributed by atoms with Crippen molar-refractivity contribution < 1.29 is 4.79 Å². The van der Waals surface area contributed by atoms with E-state index in [9.17, 15) is 4.79 Å². The lowest BCUT2D eigenvalue weighted by Crippen LogP contribution is -2.49. The summed E-state index contributed by atoms with van der Waals surface area (Å²) in [6.07, 6.45) is 8.49. The lowest BCUT2D eigenvalue weighted by Gasteiger charge is -2.39. The minimum Gasteiger partial charge on any atom is -0.371 e. The van der Waals surface area contributed by atoms with Crippen LogP contribution in [-0.2, 0) is 4.79 Å². The molecule has 1 aliphatic carbocycles. The van der Waals surface area contributed by atoms with Gasteiger partial charge in [-0.3, -0.25) is 4.79 Å². The minimum atomic E-state index is 0.172. The monoisotopic (exact) mass is 314 g/mol. The molecule has 0 radical (unpaired) electrons. The summed E-state index contributed by atoms with van der Waals surface area (Å²) in [4.78, 5) is 17.7. The molecule has 1 atom stereocenters. The van der Waals surface area contributed by atoms with Crippen LogP contribution in [0, 0.1) is 5.92 Å². The summed E-state index contributed by atoms with van der Waals surface area (Å²) in [6.45, 7) is 4.96. The lowest BCUT2D eigenvalue weighted by atomic mass is 9.91. The van der Waals surface area contributed by atoms with E-state index < -0.39 is 0 Å². The Kier molecular flexibility index (Phi) is 5.58. The van der Waals surface area contributed by atoms with Gasteiger partial charge in [-0.05, 0) is 44.7 Å². The number of hydrogen-bond donors (Lipinski definition) is 0. The van der Waals surface area contributed by atoms with Crippen molar-refractivity contribution in [3.8, 4) is 0 Å². The van der Waals surface area contributed by atoms with Crippen LogP contribution in [0.15, 0.2) is 30.3 Å². The van der Waals surface area contributed by atoms with E-state index in [-0.39, 0.29) is 5.92 Å². The van der Waals surface area contributed by atoms with Crippen LogP contribution in [0.5, 0.6) is 0 Å². The van der Waals surface area contributed by atoms with Crippen LogP contribution in [0.25, 0.3) is 0 Å². The number of rotatable bonds is 4. The molecule has 1 aliphatic heterocycles. The third kappa shape index (κ3) is 3.88. The van der Waals surface area contributed by atoms with Gasteiger partial charge in [0, 0.05) is 31.4 Å². The van der Waals surface area contributed by atoms with Gasteiger partial charge in [0.1, 0.15) is 0 Å². The Bertz CT molecular complexity index is 496. The standard InChI is InChI=1S/C20H30N2O/c1-2-22(19-13-7-4-8-14-19)20(23)17-10-9-15-21(16-17)18-11-5-3-6-12-18/h3,5-6,11-12,17,19H,2,4,7-10,13-16H2,1H3. The van der Waals surface area contributed by atoms with Crippen LogP contribution in [0.1, 0.15) is 51.9 Å². The maximum Gasteiger partial charge on any atom is 0.227 e. The molecule has 0 N–H and O–H groups in total. The molecule has 1 aromatic carbocycles. The molecule has 1 unspecified atom stereocenters. The second-order valence-corrected chi connectivity index (χ2v) is 7.04. The number of hydrogen-bond acceptors (Lipinski definition) is 2. The summed E-state index contributed by atoms with van der Waals surface area (Å²) in [5, 5.41) is 0. The predicted molar refractivity (Wildman–Crippen MR) is 95.6 cm³/mol. The zero-order valence-electron chi connectivity index (χ0n) is 14.4. The molecule has 1 aromatic rings. The van der Waals surface area contributed by atoms with E-state index in [0.717, 1.165) is 32.5 Å². The molecular weight excluding hydrogens is 284 g/mol. The summed E-state index contributed by atoms with van der Waals surface area (Å²) < 4.78 is 0. The molecule has 2 fully saturated rings. The summed E-state index contributed by atoms with van der Waals surface area (Å²) in [6, 6.07) is 11.0. The van der Waals surface area contributed by atoms with Gasteiger partial charge in [-0.1, -0.05) is 37.5 Å². The maximum atomic E-state index is 13.1. The van der Waals surface area contributed by atoms with Gasteiger partial charge in [-0.25, -0.2) is 0 Å². The summed E-state index contributed by atoms with van der Waals surface area (Å²) in [5.74, 6) is 0.575. The number of nitrogens with zero attached hydrogens (tertiary/aromatic N) is 2. The minimum absolute atomic E-state index is 0.172. The first-order valence-electron chi connectivity index (χ1n) is 9.40. The molecule has 23 heavy (non-hydrogen) atoms. The van der Waals surface area contributed by atoms with E-state index in [1.165, 1.54) is 37.8 Å². The van der Waals surface area contributed by atoms with E-state index >= 15 is 0 Å². The number of para-hydroxylation sites is 1. The molecule has 0 aromatic heterocycles. The molecule has 1 amide bonds. The Balaban J connectivity index is 1.66. The van der Waals surface area contributed by atoms with Crippen molar-refractivity contribution in [2.75, 3.05) is 24.5 Å². The van der Waals surface area contributed by atoms with Crippen molar-refractivity contribution in [3.05, 3.63) is 30.3 Å². The number of carbonyl (C=O) groups excluding carboxylic acids is 1. The Hall–Kier alpha value is -1.51. The van der Waals surface area contributed by atoms with Crippen molar-refractivity contribution in [1.82, 2.24) is 4.90 Å². The summed E-state index contributed by atoms with van der Waals surface area (Å²) in [7, 11) is 0. The zero-order valence-corrected chi connectivity index (χ0v) is 14.4. The van der Waals surface area contributed by atoms with Gasteiger partial charge in [-0.15, -0.1) is 0 Å². The molecule has 1 heterocycles. The molecule has 3 nitrogen and oxygen atoms in total. The van der Waals surface area contributed by atoms with Crippen LogP contribution < -0.4 is 4.90 Å². The summed E-state index contributed by atoms with van der Waals surface area (Å²) >= 11 is 0. The Labute approximate surface area is 140 Å². The average Bonchev–Trinajstić information content (AvgIpc) is 2.64. The Morgan fingerprint density at radius 3 is 2.52 bits per heavy atom. The first-order valence-corrected chi connectivity index (χ1v) is 9.40. The van der Waals surface area contributed by atoms with E-state index in [2.05, 4.69) is 47.1 Å². The van der Waals surface area contributed by atoms with Gasteiger partial charge >= 0.3 is 0 Å². The Morgan fingerprint density at radius 2 is 1.83 bits per heavy atom.